The van der Waals surface area contributed by atoms with Crippen LogP contribution in [0.5, 0.6) is 0 Å². The molecule has 0 aliphatic carbocycles. The maximum Gasteiger partial charge on any atom is 0.254 e. The Balaban J connectivity index is 1.89. The summed E-state index contributed by atoms with van der Waals surface area (Å²) in [5.41, 5.74) is 2.82. The summed E-state index contributed by atoms with van der Waals surface area (Å²) in [4.78, 5) is 26.3. The molecule has 1 heterocycles. The smallest absolute Gasteiger partial charge is 0.254 e. The summed E-state index contributed by atoms with van der Waals surface area (Å²) in [6, 6.07) is 11.4. The van der Waals surface area contributed by atoms with E-state index in [4.69, 9.17) is 0 Å². The average molecular weight is 326 g/mol. The van der Waals surface area contributed by atoms with Crippen LogP contribution in [0, 0.1) is 5.82 Å². The molecule has 0 bridgehead atoms. The number of nitrogens with one attached hydrogen (secondary N) is 1. The molecule has 4 nitrogen and oxygen atoms in total. The Labute approximate surface area is 140 Å². The van der Waals surface area contributed by atoms with Gasteiger partial charge in [-0.25, -0.2) is 4.39 Å². The van der Waals surface area contributed by atoms with Crippen molar-refractivity contribution in [2.45, 2.75) is 25.9 Å². The molecule has 0 aromatic heterocycles. The molecule has 1 aliphatic heterocycles. The van der Waals surface area contributed by atoms with E-state index >= 15 is 0 Å². The fraction of sp³-hybridized carbons (Fsp3) is 0.263. The minimum absolute atomic E-state index is 0.0131. The average Bonchev–Trinajstić information content (AvgIpc) is 2.60. The summed E-state index contributed by atoms with van der Waals surface area (Å²) >= 11 is 0. The molecule has 0 unspecified atom stereocenters. The predicted octanol–water partition coefficient (Wildman–Crippen LogP) is 2.77. The van der Waals surface area contributed by atoms with Gasteiger partial charge in [-0.3, -0.25) is 9.59 Å². The van der Waals surface area contributed by atoms with Crippen molar-refractivity contribution in [2.75, 3.05) is 7.05 Å². The highest BCUT2D eigenvalue weighted by atomic mass is 19.1. The Hall–Kier alpha value is -2.69. The molecule has 0 saturated carbocycles. The van der Waals surface area contributed by atoms with Gasteiger partial charge in [-0.15, -0.1) is 0 Å². The maximum atomic E-state index is 13.5. The van der Waals surface area contributed by atoms with Gasteiger partial charge in [0.05, 0.1) is 0 Å². The van der Waals surface area contributed by atoms with Crippen LogP contribution in [0.3, 0.4) is 0 Å². The number of fused-ring (bicyclic) bond motifs is 1. The summed E-state index contributed by atoms with van der Waals surface area (Å²) in [6.07, 6.45) is 0.691. The summed E-state index contributed by atoms with van der Waals surface area (Å²) in [5.74, 6) is -0.677. The van der Waals surface area contributed by atoms with E-state index in [1.807, 2.05) is 6.92 Å². The maximum absolute atomic E-state index is 13.5. The Bertz CT molecular complexity index is 804. The van der Waals surface area contributed by atoms with Crippen LogP contribution in [-0.4, -0.2) is 29.8 Å². The van der Waals surface area contributed by atoms with Crippen LogP contribution >= 0.6 is 0 Å². The summed E-state index contributed by atoms with van der Waals surface area (Å²) < 4.78 is 13.5. The number of halogens is 1. The number of rotatable bonds is 2. The first-order chi connectivity index (χ1) is 11.5. The van der Waals surface area contributed by atoms with E-state index in [-0.39, 0.29) is 23.7 Å². The number of hydrogen-bond acceptors (Lipinski definition) is 2. The Morgan fingerprint density at radius 2 is 1.88 bits per heavy atom. The van der Waals surface area contributed by atoms with Gasteiger partial charge in [0.2, 0.25) is 0 Å². The lowest BCUT2D eigenvalue weighted by molar-refractivity contribution is 0.0658. The molecule has 24 heavy (non-hydrogen) atoms. The van der Waals surface area contributed by atoms with Crippen LogP contribution in [0.1, 0.15) is 38.8 Å². The monoisotopic (exact) mass is 326 g/mol. The Morgan fingerprint density at radius 3 is 2.62 bits per heavy atom. The highest BCUT2D eigenvalue weighted by Crippen LogP contribution is 2.25. The van der Waals surface area contributed by atoms with E-state index in [1.54, 1.807) is 42.3 Å². The zero-order valence-corrected chi connectivity index (χ0v) is 13.7. The second-order valence-corrected chi connectivity index (χ2v) is 6.06. The third kappa shape index (κ3) is 3.02. The van der Waals surface area contributed by atoms with E-state index in [0.29, 0.717) is 24.1 Å². The lowest BCUT2D eigenvalue weighted by Crippen LogP contribution is -2.42. The van der Waals surface area contributed by atoms with E-state index in [9.17, 15) is 14.0 Å². The van der Waals surface area contributed by atoms with Crippen LogP contribution in [0.25, 0.3) is 0 Å². The third-order valence-corrected chi connectivity index (χ3v) is 4.42. The van der Waals surface area contributed by atoms with E-state index < -0.39 is 0 Å². The van der Waals surface area contributed by atoms with Gasteiger partial charge in [-0.05, 0) is 54.8 Å². The van der Waals surface area contributed by atoms with Gasteiger partial charge < -0.3 is 10.2 Å². The largest absolute Gasteiger partial charge is 0.355 e. The minimum atomic E-state index is -0.294. The highest BCUT2D eigenvalue weighted by molar-refractivity contribution is 5.99. The summed E-state index contributed by atoms with van der Waals surface area (Å²) in [5, 5.41) is 2.55. The predicted molar refractivity (Wildman–Crippen MR) is 89.3 cm³/mol. The molecule has 1 N–H and O–H groups in total. The Kier molecular flexibility index (Phi) is 4.34. The zero-order chi connectivity index (χ0) is 17.3. The summed E-state index contributed by atoms with van der Waals surface area (Å²) in [7, 11) is 1.55. The molecule has 0 radical (unpaired) electrons. The van der Waals surface area contributed by atoms with Crippen LogP contribution in [0.4, 0.5) is 4.39 Å². The summed E-state index contributed by atoms with van der Waals surface area (Å²) in [6.45, 7) is 2.35. The van der Waals surface area contributed by atoms with Gasteiger partial charge >= 0.3 is 0 Å². The van der Waals surface area contributed by atoms with Crippen molar-refractivity contribution in [3.05, 3.63) is 70.5 Å². The van der Waals surface area contributed by atoms with Crippen molar-refractivity contribution >= 4 is 11.8 Å². The molecule has 0 fully saturated rings. The van der Waals surface area contributed by atoms with Gasteiger partial charge in [-0.2, -0.15) is 0 Å². The number of benzene rings is 2. The first-order valence-corrected chi connectivity index (χ1v) is 7.90. The van der Waals surface area contributed by atoms with Crippen molar-refractivity contribution in [1.82, 2.24) is 10.2 Å². The first-order valence-electron chi connectivity index (χ1n) is 7.90. The first kappa shape index (κ1) is 16.2. The molecule has 0 spiro atoms. The normalized spacial score (nSPS) is 16.5. The van der Waals surface area contributed by atoms with Crippen molar-refractivity contribution in [3.63, 3.8) is 0 Å². The lowest BCUT2D eigenvalue weighted by atomic mass is 9.94. The SMILES string of the molecule is CNC(=O)c1cccc(C(=O)N2Cc3cc(F)ccc3C[C@H]2C)c1. The number of nitrogens with zero attached hydrogens (tertiary/aromatic N) is 1. The van der Waals surface area contributed by atoms with E-state index in [0.717, 1.165) is 11.1 Å². The lowest BCUT2D eigenvalue weighted by Gasteiger charge is -2.35. The zero-order valence-electron chi connectivity index (χ0n) is 13.7. The fourth-order valence-electron chi connectivity index (χ4n) is 3.08. The van der Waals surface area contributed by atoms with E-state index in [1.165, 1.54) is 12.1 Å². The fourth-order valence-corrected chi connectivity index (χ4v) is 3.08. The highest BCUT2D eigenvalue weighted by Gasteiger charge is 2.28. The Morgan fingerprint density at radius 1 is 1.12 bits per heavy atom. The molecular weight excluding hydrogens is 307 g/mol. The number of carbonyl (C=O) groups is 2. The van der Waals surface area contributed by atoms with Gasteiger partial charge in [-0.1, -0.05) is 12.1 Å². The molecule has 1 aliphatic rings. The van der Waals surface area contributed by atoms with Crippen LogP contribution in [-0.2, 0) is 13.0 Å². The molecule has 124 valence electrons. The topological polar surface area (TPSA) is 49.4 Å². The molecule has 2 aromatic rings. The third-order valence-electron chi connectivity index (χ3n) is 4.42. The number of carbonyl (C=O) groups excluding carboxylic acids is 2. The number of hydrogen-bond donors (Lipinski definition) is 1. The van der Waals surface area contributed by atoms with E-state index in [2.05, 4.69) is 5.32 Å². The molecular formula is C19H19FN2O2. The second kappa shape index (κ2) is 6.43. The van der Waals surface area contributed by atoms with Crippen LogP contribution < -0.4 is 5.32 Å². The number of amides is 2. The molecule has 5 heteroatoms. The molecule has 2 aromatic carbocycles. The molecule has 0 saturated heterocycles. The van der Waals surface area contributed by atoms with Crippen molar-refractivity contribution in [2.24, 2.45) is 0 Å². The quantitative estimate of drug-likeness (QED) is 0.922. The minimum Gasteiger partial charge on any atom is -0.355 e. The molecule has 2 amide bonds. The van der Waals surface area contributed by atoms with Crippen molar-refractivity contribution < 1.29 is 14.0 Å². The van der Waals surface area contributed by atoms with Crippen molar-refractivity contribution in [3.8, 4) is 0 Å². The standard InChI is InChI=1S/C19H19FN2O2/c1-12-8-13-6-7-17(20)10-16(13)11-22(12)19(24)15-5-3-4-14(9-15)18(23)21-2/h3-7,9-10,12H,8,11H2,1-2H3,(H,21,23)/t12-/m1/s1. The van der Waals surface area contributed by atoms with Crippen LogP contribution in [0.15, 0.2) is 42.5 Å². The molecule has 3 rings (SSSR count). The van der Waals surface area contributed by atoms with Gasteiger partial charge in [0.1, 0.15) is 5.82 Å². The van der Waals surface area contributed by atoms with Gasteiger partial charge in [0, 0.05) is 30.8 Å². The van der Waals surface area contributed by atoms with Gasteiger partial charge in [0.25, 0.3) is 11.8 Å². The second-order valence-electron chi connectivity index (χ2n) is 6.06. The van der Waals surface area contributed by atoms with Crippen LogP contribution in [0.2, 0.25) is 0 Å². The molecule has 1 atom stereocenters. The van der Waals surface area contributed by atoms with Gasteiger partial charge in [0.15, 0.2) is 0 Å². The van der Waals surface area contributed by atoms with Crippen molar-refractivity contribution in [1.29, 1.82) is 0 Å².